The van der Waals surface area contributed by atoms with Gasteiger partial charge in [0.25, 0.3) is 0 Å². The molecule has 0 radical (unpaired) electrons. The Morgan fingerprint density at radius 3 is 2.64 bits per heavy atom. The van der Waals surface area contributed by atoms with Crippen LogP contribution in [-0.4, -0.2) is 6.17 Å². The van der Waals surface area contributed by atoms with Crippen LogP contribution >= 0.6 is 15.9 Å². The lowest BCUT2D eigenvalue weighted by Crippen LogP contribution is -2.13. The zero-order valence-corrected chi connectivity index (χ0v) is 8.56. The minimum Gasteiger partial charge on any atom is -0.239 e. The highest BCUT2D eigenvalue weighted by molar-refractivity contribution is 9.10. The summed E-state index contributed by atoms with van der Waals surface area (Å²) in [6.07, 6.45) is -1.16. The van der Waals surface area contributed by atoms with E-state index in [4.69, 9.17) is 0 Å². The second-order valence-electron chi connectivity index (χ2n) is 3.10. The molecule has 0 N–H and O–H groups in total. The molecule has 1 aliphatic rings. The van der Waals surface area contributed by atoms with Gasteiger partial charge in [-0.2, -0.15) is 0 Å². The zero-order valence-electron chi connectivity index (χ0n) is 6.98. The Hall–Kier alpha value is -0.770. The van der Waals surface area contributed by atoms with Crippen LogP contribution < -0.4 is 0 Å². The summed E-state index contributed by atoms with van der Waals surface area (Å²) < 4.78 is 40.0. The molecule has 0 aliphatic heterocycles. The number of fused-ring (bicyclic) bond motifs is 1. The topological polar surface area (TPSA) is 0 Å². The van der Waals surface area contributed by atoms with E-state index in [2.05, 4.69) is 15.9 Å². The Kier molecular flexibility index (Phi) is 2.39. The van der Waals surface area contributed by atoms with E-state index in [1.54, 1.807) is 6.07 Å². The zero-order chi connectivity index (χ0) is 10.3. The molecule has 0 aromatic heterocycles. The van der Waals surface area contributed by atoms with Crippen LogP contribution in [0.25, 0.3) is 6.08 Å². The van der Waals surface area contributed by atoms with E-state index in [0.29, 0.717) is 10.0 Å². The Bertz CT molecular complexity index is 401. The predicted octanol–water partition coefficient (Wildman–Crippen LogP) is 3.96. The van der Waals surface area contributed by atoms with E-state index in [1.165, 1.54) is 6.08 Å². The average molecular weight is 263 g/mol. The fraction of sp³-hybridized carbons (Fsp3) is 0.200. The third-order valence-corrected chi connectivity index (χ3v) is 2.60. The largest absolute Gasteiger partial charge is 0.239 e. The fourth-order valence-electron chi connectivity index (χ4n) is 1.49. The molecular weight excluding hydrogens is 257 g/mol. The quantitative estimate of drug-likeness (QED) is 0.664. The van der Waals surface area contributed by atoms with Crippen LogP contribution in [0.4, 0.5) is 13.2 Å². The lowest BCUT2D eigenvalue weighted by molar-refractivity contribution is 0.201. The molecule has 14 heavy (non-hydrogen) atoms. The second kappa shape index (κ2) is 3.42. The number of halogens is 4. The molecule has 0 amide bonds. The lowest BCUT2D eigenvalue weighted by atomic mass is 9.94. The monoisotopic (exact) mass is 262 g/mol. The molecule has 0 saturated heterocycles. The highest BCUT2D eigenvalue weighted by atomic mass is 79.9. The number of benzene rings is 1. The highest BCUT2D eigenvalue weighted by Crippen LogP contribution is 2.36. The molecule has 1 aliphatic carbocycles. The average Bonchev–Trinajstić information content (AvgIpc) is 2.10. The first-order valence-corrected chi connectivity index (χ1v) is 4.84. The van der Waals surface area contributed by atoms with Crippen molar-refractivity contribution in [3.8, 4) is 0 Å². The first-order valence-electron chi connectivity index (χ1n) is 4.05. The van der Waals surface area contributed by atoms with Crippen molar-refractivity contribution in [1.82, 2.24) is 0 Å². The van der Waals surface area contributed by atoms with Gasteiger partial charge in [-0.25, -0.2) is 13.2 Å². The summed E-state index contributed by atoms with van der Waals surface area (Å²) in [5, 5.41) is 0. The number of alkyl halides is 2. The van der Waals surface area contributed by atoms with Gasteiger partial charge in [-0.05, 0) is 23.8 Å². The molecule has 0 saturated carbocycles. The summed E-state index contributed by atoms with van der Waals surface area (Å²) >= 11 is 3.09. The normalized spacial score (nSPS) is 24.9. The molecule has 0 spiro atoms. The van der Waals surface area contributed by atoms with Gasteiger partial charge in [0.15, 0.2) is 12.3 Å². The van der Waals surface area contributed by atoms with Gasteiger partial charge in [0.1, 0.15) is 5.82 Å². The molecule has 0 nitrogen and oxygen atoms in total. The van der Waals surface area contributed by atoms with Crippen LogP contribution in [0.3, 0.4) is 0 Å². The van der Waals surface area contributed by atoms with E-state index < -0.39 is 18.2 Å². The molecule has 1 aromatic carbocycles. The molecule has 0 bridgehead atoms. The standard InChI is InChI=1S/C10H6BrF3/c11-6-3-5-1-2-7(12)10(14)9(5)8(13)4-6/h1-4,7,10H. The van der Waals surface area contributed by atoms with E-state index in [-0.39, 0.29) is 5.56 Å². The van der Waals surface area contributed by atoms with Crippen molar-refractivity contribution in [3.05, 3.63) is 39.6 Å². The third kappa shape index (κ3) is 1.47. The highest BCUT2D eigenvalue weighted by Gasteiger charge is 2.28. The van der Waals surface area contributed by atoms with E-state index in [0.717, 1.165) is 12.1 Å². The lowest BCUT2D eigenvalue weighted by Gasteiger charge is -2.19. The van der Waals surface area contributed by atoms with Gasteiger partial charge in [0.2, 0.25) is 0 Å². The molecule has 0 heterocycles. The van der Waals surface area contributed by atoms with Gasteiger partial charge in [0, 0.05) is 10.0 Å². The van der Waals surface area contributed by atoms with Crippen molar-refractivity contribution in [2.24, 2.45) is 0 Å². The van der Waals surface area contributed by atoms with Crippen LogP contribution in [0, 0.1) is 5.82 Å². The van der Waals surface area contributed by atoms with Gasteiger partial charge < -0.3 is 0 Å². The van der Waals surface area contributed by atoms with Gasteiger partial charge in [-0.15, -0.1) is 0 Å². The van der Waals surface area contributed by atoms with Crippen LogP contribution in [0.1, 0.15) is 17.3 Å². The first kappa shape index (κ1) is 9.77. The maximum Gasteiger partial charge on any atom is 0.163 e. The predicted molar refractivity (Wildman–Crippen MR) is 51.9 cm³/mol. The van der Waals surface area contributed by atoms with E-state index >= 15 is 0 Å². The van der Waals surface area contributed by atoms with Crippen molar-refractivity contribution >= 4 is 22.0 Å². The van der Waals surface area contributed by atoms with E-state index in [9.17, 15) is 13.2 Å². The van der Waals surface area contributed by atoms with Crippen LogP contribution in [0.15, 0.2) is 22.7 Å². The fourth-order valence-corrected chi connectivity index (χ4v) is 1.93. The SMILES string of the molecule is Fc1cc(Br)cc2c1C(F)C(F)C=C2. The third-order valence-electron chi connectivity index (χ3n) is 2.14. The van der Waals surface area contributed by atoms with Gasteiger partial charge >= 0.3 is 0 Å². The van der Waals surface area contributed by atoms with Crippen molar-refractivity contribution in [2.75, 3.05) is 0 Å². The van der Waals surface area contributed by atoms with Gasteiger partial charge in [-0.3, -0.25) is 0 Å². The maximum atomic E-state index is 13.3. The molecule has 4 heteroatoms. The number of allylic oxidation sites excluding steroid dienone is 1. The molecule has 74 valence electrons. The van der Waals surface area contributed by atoms with Crippen LogP contribution in [-0.2, 0) is 0 Å². The Morgan fingerprint density at radius 1 is 1.21 bits per heavy atom. The molecular formula is C10H6BrF3. The summed E-state index contributed by atoms with van der Waals surface area (Å²) in [6, 6.07) is 2.70. The Labute approximate surface area is 87.6 Å². The molecule has 2 rings (SSSR count). The first-order chi connectivity index (χ1) is 6.59. The maximum absolute atomic E-state index is 13.3. The molecule has 2 unspecified atom stereocenters. The Balaban J connectivity index is 2.62. The smallest absolute Gasteiger partial charge is 0.163 e. The summed E-state index contributed by atoms with van der Waals surface area (Å²) in [5.74, 6) is -0.714. The van der Waals surface area contributed by atoms with Gasteiger partial charge in [-0.1, -0.05) is 22.0 Å². The summed E-state index contributed by atoms with van der Waals surface area (Å²) in [4.78, 5) is 0. The van der Waals surface area contributed by atoms with Crippen molar-refractivity contribution in [2.45, 2.75) is 12.3 Å². The molecule has 0 fully saturated rings. The Morgan fingerprint density at radius 2 is 1.93 bits per heavy atom. The summed E-state index contributed by atoms with van der Waals surface area (Å²) in [6.45, 7) is 0. The molecule has 2 atom stereocenters. The summed E-state index contributed by atoms with van der Waals surface area (Å²) in [7, 11) is 0. The van der Waals surface area contributed by atoms with Crippen molar-refractivity contribution in [3.63, 3.8) is 0 Å². The minimum absolute atomic E-state index is 0.191. The van der Waals surface area contributed by atoms with Gasteiger partial charge in [0.05, 0.1) is 0 Å². The second-order valence-corrected chi connectivity index (χ2v) is 4.01. The number of rotatable bonds is 0. The number of hydrogen-bond acceptors (Lipinski definition) is 0. The van der Waals surface area contributed by atoms with Crippen molar-refractivity contribution in [1.29, 1.82) is 0 Å². The van der Waals surface area contributed by atoms with Crippen LogP contribution in [0.5, 0.6) is 0 Å². The summed E-state index contributed by atoms with van der Waals surface area (Å²) in [5.41, 5.74) is 0.196. The van der Waals surface area contributed by atoms with Crippen molar-refractivity contribution < 1.29 is 13.2 Å². The number of hydrogen-bond donors (Lipinski definition) is 0. The van der Waals surface area contributed by atoms with E-state index in [1.807, 2.05) is 0 Å². The van der Waals surface area contributed by atoms with Crippen LogP contribution in [0.2, 0.25) is 0 Å². The minimum atomic E-state index is -1.90. The molecule has 1 aromatic rings.